The standard InChI is InChI=1S/C10H10ClNO/c1-6-4-7-2-3-12-10(13)9(7)8(11)5-6/h4-5H,2-3H2,1H3,(H,12,13). The van der Waals surface area contributed by atoms with Gasteiger partial charge in [-0.25, -0.2) is 0 Å². The highest BCUT2D eigenvalue weighted by Crippen LogP contribution is 2.24. The highest BCUT2D eigenvalue weighted by molar-refractivity contribution is 6.34. The van der Waals surface area contributed by atoms with Gasteiger partial charge in [0.25, 0.3) is 5.91 Å². The number of fused-ring (bicyclic) bond motifs is 1. The zero-order valence-corrected chi connectivity index (χ0v) is 8.11. The minimum absolute atomic E-state index is 0.0498. The minimum Gasteiger partial charge on any atom is -0.352 e. The molecule has 2 nitrogen and oxygen atoms in total. The molecule has 1 aliphatic rings. The highest BCUT2D eigenvalue weighted by atomic mass is 35.5. The van der Waals surface area contributed by atoms with Gasteiger partial charge >= 0.3 is 0 Å². The van der Waals surface area contributed by atoms with Crippen molar-refractivity contribution in [2.24, 2.45) is 0 Å². The summed E-state index contributed by atoms with van der Waals surface area (Å²) in [5.41, 5.74) is 2.82. The molecule has 0 saturated heterocycles. The van der Waals surface area contributed by atoms with Crippen molar-refractivity contribution >= 4 is 17.5 Å². The van der Waals surface area contributed by atoms with Gasteiger partial charge < -0.3 is 5.32 Å². The number of carbonyl (C=O) groups excluding carboxylic acids is 1. The molecule has 1 N–H and O–H groups in total. The number of hydrogen-bond donors (Lipinski definition) is 1. The number of carbonyl (C=O) groups is 1. The third-order valence-corrected chi connectivity index (χ3v) is 2.52. The zero-order valence-electron chi connectivity index (χ0n) is 7.36. The lowest BCUT2D eigenvalue weighted by Crippen LogP contribution is -2.32. The molecule has 1 heterocycles. The third-order valence-electron chi connectivity index (χ3n) is 2.22. The summed E-state index contributed by atoms with van der Waals surface area (Å²) in [6.45, 7) is 2.70. The van der Waals surface area contributed by atoms with Crippen molar-refractivity contribution in [3.05, 3.63) is 33.8 Å². The Morgan fingerprint density at radius 3 is 3.00 bits per heavy atom. The first-order valence-electron chi connectivity index (χ1n) is 4.25. The van der Waals surface area contributed by atoms with Crippen LogP contribution in [0.5, 0.6) is 0 Å². The SMILES string of the molecule is Cc1cc(Cl)c2c(c1)CCNC2=O. The first-order valence-corrected chi connectivity index (χ1v) is 4.63. The Morgan fingerprint density at radius 2 is 2.23 bits per heavy atom. The molecule has 68 valence electrons. The highest BCUT2D eigenvalue weighted by Gasteiger charge is 2.19. The fourth-order valence-electron chi connectivity index (χ4n) is 1.66. The molecular weight excluding hydrogens is 186 g/mol. The smallest absolute Gasteiger partial charge is 0.253 e. The number of rotatable bonds is 0. The minimum atomic E-state index is -0.0498. The molecule has 0 spiro atoms. The Morgan fingerprint density at radius 1 is 1.46 bits per heavy atom. The van der Waals surface area contributed by atoms with Crippen LogP contribution in [-0.4, -0.2) is 12.5 Å². The maximum Gasteiger partial charge on any atom is 0.253 e. The van der Waals surface area contributed by atoms with Crippen LogP contribution in [0.3, 0.4) is 0 Å². The zero-order chi connectivity index (χ0) is 9.42. The van der Waals surface area contributed by atoms with Gasteiger partial charge in [-0.05, 0) is 30.5 Å². The predicted molar refractivity (Wildman–Crippen MR) is 52.2 cm³/mol. The lowest BCUT2D eigenvalue weighted by atomic mass is 9.98. The van der Waals surface area contributed by atoms with E-state index < -0.39 is 0 Å². The maximum atomic E-state index is 11.4. The van der Waals surface area contributed by atoms with Crippen molar-refractivity contribution in [1.29, 1.82) is 0 Å². The Bertz CT molecular complexity index is 373. The fraction of sp³-hybridized carbons (Fsp3) is 0.300. The van der Waals surface area contributed by atoms with Crippen LogP contribution in [0.2, 0.25) is 5.02 Å². The maximum absolute atomic E-state index is 11.4. The molecule has 0 unspecified atom stereocenters. The predicted octanol–water partition coefficient (Wildman–Crippen LogP) is 1.93. The van der Waals surface area contributed by atoms with E-state index in [0.29, 0.717) is 17.1 Å². The first kappa shape index (κ1) is 8.57. The molecule has 13 heavy (non-hydrogen) atoms. The normalized spacial score (nSPS) is 15.1. The van der Waals surface area contributed by atoms with Crippen molar-refractivity contribution < 1.29 is 4.79 Å². The van der Waals surface area contributed by atoms with Crippen LogP contribution in [0, 0.1) is 6.92 Å². The molecule has 1 aromatic rings. The molecule has 0 bridgehead atoms. The summed E-state index contributed by atoms with van der Waals surface area (Å²) in [7, 11) is 0. The second-order valence-corrected chi connectivity index (χ2v) is 3.69. The number of hydrogen-bond acceptors (Lipinski definition) is 1. The molecular formula is C10H10ClNO. The molecule has 2 rings (SSSR count). The average Bonchev–Trinajstić information content (AvgIpc) is 2.02. The number of aryl methyl sites for hydroxylation is 1. The Hall–Kier alpha value is -1.02. The van der Waals surface area contributed by atoms with Crippen LogP contribution < -0.4 is 5.32 Å². The molecule has 0 radical (unpaired) electrons. The third kappa shape index (κ3) is 1.42. The summed E-state index contributed by atoms with van der Waals surface area (Å²) in [5, 5.41) is 3.34. The van der Waals surface area contributed by atoms with Crippen molar-refractivity contribution in [3.8, 4) is 0 Å². The van der Waals surface area contributed by atoms with Crippen LogP contribution in [0.15, 0.2) is 12.1 Å². The van der Waals surface area contributed by atoms with E-state index in [-0.39, 0.29) is 5.91 Å². The summed E-state index contributed by atoms with van der Waals surface area (Å²) in [5.74, 6) is -0.0498. The van der Waals surface area contributed by atoms with E-state index in [1.807, 2.05) is 19.1 Å². The van der Waals surface area contributed by atoms with E-state index in [9.17, 15) is 4.79 Å². The molecule has 3 heteroatoms. The lowest BCUT2D eigenvalue weighted by molar-refractivity contribution is 0.0946. The van der Waals surface area contributed by atoms with E-state index in [2.05, 4.69) is 5.32 Å². The second kappa shape index (κ2) is 3.04. The van der Waals surface area contributed by atoms with Crippen LogP contribution in [0.25, 0.3) is 0 Å². The summed E-state index contributed by atoms with van der Waals surface area (Å²) < 4.78 is 0. The van der Waals surface area contributed by atoms with Gasteiger partial charge in [-0.3, -0.25) is 4.79 Å². The van der Waals surface area contributed by atoms with E-state index in [4.69, 9.17) is 11.6 Å². The van der Waals surface area contributed by atoms with Gasteiger partial charge in [-0.15, -0.1) is 0 Å². The summed E-state index contributed by atoms with van der Waals surface area (Å²) in [4.78, 5) is 11.4. The van der Waals surface area contributed by atoms with E-state index in [1.165, 1.54) is 0 Å². The number of amides is 1. The Kier molecular flexibility index (Phi) is 2.00. The van der Waals surface area contributed by atoms with Crippen LogP contribution in [0.4, 0.5) is 0 Å². The first-order chi connectivity index (χ1) is 6.18. The van der Waals surface area contributed by atoms with Gasteiger partial charge in [0.15, 0.2) is 0 Å². The van der Waals surface area contributed by atoms with Crippen LogP contribution >= 0.6 is 11.6 Å². The van der Waals surface area contributed by atoms with Gasteiger partial charge in [0, 0.05) is 6.54 Å². The Balaban J connectivity index is 2.63. The number of benzene rings is 1. The lowest BCUT2D eigenvalue weighted by Gasteiger charge is -2.17. The molecule has 0 aliphatic carbocycles. The largest absolute Gasteiger partial charge is 0.352 e. The quantitative estimate of drug-likeness (QED) is 0.674. The van der Waals surface area contributed by atoms with Gasteiger partial charge in [0.1, 0.15) is 0 Å². The average molecular weight is 196 g/mol. The molecule has 0 fully saturated rings. The molecule has 0 aromatic heterocycles. The summed E-state index contributed by atoms with van der Waals surface area (Å²) >= 11 is 5.98. The summed E-state index contributed by atoms with van der Waals surface area (Å²) in [6.07, 6.45) is 0.877. The summed E-state index contributed by atoms with van der Waals surface area (Å²) in [6, 6.07) is 3.85. The van der Waals surface area contributed by atoms with Crippen molar-refractivity contribution in [2.45, 2.75) is 13.3 Å². The van der Waals surface area contributed by atoms with Crippen molar-refractivity contribution in [1.82, 2.24) is 5.32 Å². The van der Waals surface area contributed by atoms with Crippen LogP contribution in [-0.2, 0) is 6.42 Å². The molecule has 0 saturated carbocycles. The number of halogens is 1. The topological polar surface area (TPSA) is 29.1 Å². The second-order valence-electron chi connectivity index (χ2n) is 3.29. The molecule has 0 atom stereocenters. The Labute approximate surface area is 81.9 Å². The van der Waals surface area contributed by atoms with E-state index >= 15 is 0 Å². The van der Waals surface area contributed by atoms with Gasteiger partial charge in [0.05, 0.1) is 10.6 Å². The van der Waals surface area contributed by atoms with Gasteiger partial charge in [0.2, 0.25) is 0 Å². The monoisotopic (exact) mass is 195 g/mol. The van der Waals surface area contributed by atoms with Crippen LogP contribution in [0.1, 0.15) is 21.5 Å². The van der Waals surface area contributed by atoms with E-state index in [1.54, 1.807) is 0 Å². The molecule has 1 aliphatic heterocycles. The van der Waals surface area contributed by atoms with Crippen molar-refractivity contribution in [2.75, 3.05) is 6.54 Å². The fourth-order valence-corrected chi connectivity index (χ4v) is 2.04. The van der Waals surface area contributed by atoms with Gasteiger partial charge in [-0.2, -0.15) is 0 Å². The molecule has 1 amide bonds. The van der Waals surface area contributed by atoms with E-state index in [0.717, 1.165) is 17.5 Å². The molecule has 1 aromatic carbocycles. The number of nitrogens with one attached hydrogen (secondary N) is 1. The van der Waals surface area contributed by atoms with Gasteiger partial charge in [-0.1, -0.05) is 17.7 Å². The van der Waals surface area contributed by atoms with Crippen molar-refractivity contribution in [3.63, 3.8) is 0 Å².